The number of para-hydroxylation sites is 2. The number of anilines is 2. The van der Waals surface area contributed by atoms with E-state index in [4.69, 9.17) is 13.3 Å². The Labute approximate surface area is 152 Å². The standard InChI is InChI=1S/C20H29NO3Si/c1-5-18(16-17-25(22-2,23-3)24-4)21(19-12-8-6-9-13-19)20-14-10-7-11-15-20/h6-15,18H,5,16-17H2,1-4H3. The van der Waals surface area contributed by atoms with Crippen LogP contribution in [0.2, 0.25) is 6.04 Å². The van der Waals surface area contributed by atoms with Crippen LogP contribution in [0.25, 0.3) is 0 Å². The van der Waals surface area contributed by atoms with Crippen molar-refractivity contribution in [1.29, 1.82) is 0 Å². The first-order valence-electron chi connectivity index (χ1n) is 8.74. The van der Waals surface area contributed by atoms with Crippen LogP contribution in [0.5, 0.6) is 0 Å². The van der Waals surface area contributed by atoms with Gasteiger partial charge in [-0.2, -0.15) is 0 Å². The Kier molecular flexibility index (Phi) is 7.65. The molecule has 0 spiro atoms. The normalized spacial score (nSPS) is 12.8. The highest BCUT2D eigenvalue weighted by molar-refractivity contribution is 6.60. The Morgan fingerprint density at radius 3 is 1.60 bits per heavy atom. The smallest absolute Gasteiger partial charge is 0.377 e. The first-order valence-corrected chi connectivity index (χ1v) is 10.7. The second-order valence-corrected chi connectivity index (χ2v) is 9.03. The fourth-order valence-corrected chi connectivity index (χ4v) is 4.96. The second-order valence-electron chi connectivity index (χ2n) is 5.94. The van der Waals surface area contributed by atoms with Gasteiger partial charge in [0.05, 0.1) is 0 Å². The van der Waals surface area contributed by atoms with Crippen LogP contribution < -0.4 is 4.90 Å². The number of nitrogens with zero attached hydrogens (tertiary/aromatic N) is 1. The lowest BCUT2D eigenvalue weighted by Crippen LogP contribution is -2.44. The lowest BCUT2D eigenvalue weighted by atomic mass is 10.1. The van der Waals surface area contributed by atoms with Crippen LogP contribution in [0.3, 0.4) is 0 Å². The molecule has 0 amide bonds. The van der Waals surface area contributed by atoms with Crippen LogP contribution in [0.4, 0.5) is 11.4 Å². The van der Waals surface area contributed by atoms with Crippen LogP contribution in [-0.2, 0) is 13.3 Å². The van der Waals surface area contributed by atoms with Gasteiger partial charge in [-0.3, -0.25) is 0 Å². The fraction of sp³-hybridized carbons (Fsp3) is 0.400. The Hall–Kier alpha value is -1.66. The van der Waals surface area contributed by atoms with Crippen LogP contribution in [0, 0.1) is 0 Å². The van der Waals surface area contributed by atoms with Crippen LogP contribution in [0.1, 0.15) is 19.8 Å². The molecule has 1 unspecified atom stereocenters. The number of rotatable bonds is 10. The van der Waals surface area contributed by atoms with Gasteiger partial charge in [-0.1, -0.05) is 43.3 Å². The minimum absolute atomic E-state index is 0.331. The Bertz CT molecular complexity index is 557. The fourth-order valence-electron chi connectivity index (χ4n) is 3.16. The third-order valence-electron chi connectivity index (χ3n) is 4.62. The van der Waals surface area contributed by atoms with E-state index in [1.807, 2.05) is 12.1 Å². The van der Waals surface area contributed by atoms with Crippen molar-refractivity contribution in [2.24, 2.45) is 0 Å². The molecular formula is C20H29NO3Si. The summed E-state index contributed by atoms with van der Waals surface area (Å²) in [6, 6.07) is 22.2. The maximum absolute atomic E-state index is 5.60. The summed E-state index contributed by atoms with van der Waals surface area (Å²) in [7, 11) is 2.45. The summed E-state index contributed by atoms with van der Waals surface area (Å²) in [4.78, 5) is 2.40. The largest absolute Gasteiger partial charge is 0.500 e. The van der Waals surface area contributed by atoms with E-state index in [9.17, 15) is 0 Å². The molecule has 0 radical (unpaired) electrons. The highest BCUT2D eigenvalue weighted by atomic mass is 28.4. The van der Waals surface area contributed by atoms with Crippen LogP contribution >= 0.6 is 0 Å². The van der Waals surface area contributed by atoms with E-state index in [1.54, 1.807) is 21.3 Å². The minimum Gasteiger partial charge on any atom is -0.377 e. The van der Waals surface area contributed by atoms with Gasteiger partial charge in [-0.25, -0.2) is 0 Å². The minimum atomic E-state index is -2.57. The van der Waals surface area contributed by atoms with Crippen molar-refractivity contribution in [2.75, 3.05) is 26.2 Å². The zero-order valence-electron chi connectivity index (χ0n) is 15.6. The Morgan fingerprint density at radius 1 is 0.800 bits per heavy atom. The van der Waals surface area contributed by atoms with E-state index in [2.05, 4.69) is 60.4 Å². The molecule has 0 heterocycles. The molecule has 0 saturated carbocycles. The summed E-state index contributed by atoms with van der Waals surface area (Å²) >= 11 is 0. The first-order chi connectivity index (χ1) is 12.2. The summed E-state index contributed by atoms with van der Waals surface area (Å²) in [5.41, 5.74) is 2.39. The molecule has 0 fully saturated rings. The summed E-state index contributed by atoms with van der Waals surface area (Å²) in [5.74, 6) is 0. The zero-order chi connectivity index (χ0) is 18.1. The molecule has 136 valence electrons. The third-order valence-corrected chi connectivity index (χ3v) is 7.39. The third kappa shape index (κ3) is 4.92. The topological polar surface area (TPSA) is 30.9 Å². The molecule has 0 bridgehead atoms. The molecule has 0 aliphatic rings. The molecule has 4 nitrogen and oxygen atoms in total. The summed E-state index contributed by atoms with van der Waals surface area (Å²) < 4.78 is 16.8. The zero-order valence-corrected chi connectivity index (χ0v) is 16.6. The molecule has 2 rings (SSSR count). The van der Waals surface area contributed by atoms with E-state index in [0.29, 0.717) is 6.04 Å². The maximum atomic E-state index is 5.60. The highest BCUT2D eigenvalue weighted by Crippen LogP contribution is 2.32. The maximum Gasteiger partial charge on any atom is 0.500 e. The molecule has 0 aliphatic heterocycles. The Balaban J connectivity index is 2.28. The number of hydrogen-bond acceptors (Lipinski definition) is 4. The van der Waals surface area contributed by atoms with Crippen molar-refractivity contribution in [3.05, 3.63) is 60.7 Å². The molecule has 0 aliphatic carbocycles. The predicted molar refractivity (Wildman–Crippen MR) is 105 cm³/mol. The molecule has 25 heavy (non-hydrogen) atoms. The number of benzene rings is 2. The quantitative estimate of drug-likeness (QED) is 0.566. The molecule has 2 aromatic carbocycles. The van der Waals surface area contributed by atoms with E-state index < -0.39 is 8.80 Å². The summed E-state index contributed by atoms with van der Waals surface area (Å²) in [6.07, 6.45) is 1.95. The first kappa shape index (κ1) is 19.7. The van der Waals surface area contributed by atoms with Crippen molar-refractivity contribution in [2.45, 2.75) is 31.9 Å². The molecule has 1 atom stereocenters. The number of hydrogen-bond donors (Lipinski definition) is 0. The van der Waals surface area contributed by atoms with Crippen molar-refractivity contribution in [1.82, 2.24) is 0 Å². The highest BCUT2D eigenvalue weighted by Gasteiger charge is 2.38. The van der Waals surface area contributed by atoms with Gasteiger partial charge >= 0.3 is 8.80 Å². The lowest BCUT2D eigenvalue weighted by molar-refractivity contribution is 0.122. The van der Waals surface area contributed by atoms with E-state index >= 15 is 0 Å². The van der Waals surface area contributed by atoms with Gasteiger partial charge in [0.15, 0.2) is 0 Å². The summed E-state index contributed by atoms with van der Waals surface area (Å²) in [5, 5.41) is 0. The monoisotopic (exact) mass is 359 g/mol. The van der Waals surface area contributed by atoms with E-state index in [1.165, 1.54) is 11.4 Å². The molecule has 0 saturated heterocycles. The van der Waals surface area contributed by atoms with Crippen LogP contribution in [0.15, 0.2) is 60.7 Å². The predicted octanol–water partition coefficient (Wildman–Crippen LogP) is 4.87. The van der Waals surface area contributed by atoms with Crippen molar-refractivity contribution < 1.29 is 13.3 Å². The second kappa shape index (κ2) is 9.72. The average molecular weight is 360 g/mol. The van der Waals surface area contributed by atoms with Crippen molar-refractivity contribution >= 4 is 20.2 Å². The van der Waals surface area contributed by atoms with Gasteiger partial charge in [0, 0.05) is 44.8 Å². The van der Waals surface area contributed by atoms with Crippen molar-refractivity contribution in [3.63, 3.8) is 0 Å². The molecule has 0 N–H and O–H groups in total. The lowest BCUT2D eigenvalue weighted by Gasteiger charge is -2.35. The molecule has 0 aromatic heterocycles. The van der Waals surface area contributed by atoms with E-state index in [0.717, 1.165) is 18.9 Å². The van der Waals surface area contributed by atoms with Gasteiger partial charge in [-0.05, 0) is 37.1 Å². The molecular weight excluding hydrogens is 330 g/mol. The van der Waals surface area contributed by atoms with Gasteiger partial charge in [0.1, 0.15) is 0 Å². The van der Waals surface area contributed by atoms with Gasteiger partial charge < -0.3 is 18.2 Å². The molecule has 2 aromatic rings. The SMILES string of the molecule is CCC(CC[Si](OC)(OC)OC)N(c1ccccc1)c1ccccc1. The average Bonchev–Trinajstić information content (AvgIpc) is 2.70. The van der Waals surface area contributed by atoms with Gasteiger partial charge in [0.2, 0.25) is 0 Å². The van der Waals surface area contributed by atoms with Crippen LogP contribution in [-0.4, -0.2) is 36.2 Å². The van der Waals surface area contributed by atoms with E-state index in [-0.39, 0.29) is 0 Å². The van der Waals surface area contributed by atoms with Gasteiger partial charge in [0.25, 0.3) is 0 Å². The molecule has 5 heteroatoms. The Morgan fingerprint density at radius 2 is 1.24 bits per heavy atom. The van der Waals surface area contributed by atoms with Gasteiger partial charge in [-0.15, -0.1) is 0 Å². The van der Waals surface area contributed by atoms with Crippen molar-refractivity contribution in [3.8, 4) is 0 Å². The summed E-state index contributed by atoms with van der Waals surface area (Å²) in [6.45, 7) is 2.22.